The molecule has 6 nitrogen and oxygen atoms in total. The maximum Gasteiger partial charge on any atom is 0.261 e. The summed E-state index contributed by atoms with van der Waals surface area (Å²) in [5, 5.41) is 3.40. The van der Waals surface area contributed by atoms with Crippen molar-refractivity contribution in [2.24, 2.45) is 0 Å². The van der Waals surface area contributed by atoms with Crippen LogP contribution in [-0.2, 0) is 9.59 Å². The quantitative estimate of drug-likeness (QED) is 0.504. The van der Waals surface area contributed by atoms with Gasteiger partial charge in [0, 0.05) is 15.8 Å². The van der Waals surface area contributed by atoms with Gasteiger partial charge in [-0.25, -0.2) is 0 Å². The average Bonchev–Trinajstić information content (AvgIpc) is 2.86. The highest BCUT2D eigenvalue weighted by Gasteiger charge is 2.41. The molecule has 2 fully saturated rings. The van der Waals surface area contributed by atoms with Crippen molar-refractivity contribution in [2.75, 3.05) is 19.8 Å². The molecule has 1 N–H and O–H groups in total. The number of benzene rings is 2. The van der Waals surface area contributed by atoms with E-state index in [0.717, 1.165) is 47.0 Å². The second-order valence-corrected chi connectivity index (χ2v) is 11.4. The fourth-order valence-corrected chi connectivity index (χ4v) is 6.85. The van der Waals surface area contributed by atoms with E-state index in [9.17, 15) is 9.59 Å². The number of carbonyl (C=O) groups is 2. The summed E-state index contributed by atoms with van der Waals surface area (Å²) in [6.45, 7) is 3.07. The lowest BCUT2D eigenvalue weighted by molar-refractivity contribution is -0.135. The van der Waals surface area contributed by atoms with Crippen molar-refractivity contribution in [3.8, 4) is 11.5 Å². The van der Waals surface area contributed by atoms with Gasteiger partial charge in [0.2, 0.25) is 5.91 Å². The fourth-order valence-electron chi connectivity index (χ4n) is 4.96. The maximum absolute atomic E-state index is 13.5. The molecule has 1 saturated heterocycles. The molecule has 2 aromatic rings. The van der Waals surface area contributed by atoms with Gasteiger partial charge in [0.25, 0.3) is 5.91 Å². The van der Waals surface area contributed by atoms with Crippen LogP contribution in [0.15, 0.2) is 51.8 Å². The van der Waals surface area contributed by atoms with Crippen LogP contribution in [0.2, 0.25) is 0 Å². The molecule has 184 valence electrons. The minimum atomic E-state index is -0.216. The van der Waals surface area contributed by atoms with Gasteiger partial charge in [-0.3, -0.25) is 9.59 Å². The molecule has 8 heteroatoms. The van der Waals surface area contributed by atoms with Crippen LogP contribution in [0, 0.1) is 0 Å². The Morgan fingerprint density at radius 2 is 1.97 bits per heavy atom. The van der Waals surface area contributed by atoms with Crippen molar-refractivity contribution in [1.82, 2.24) is 10.2 Å². The first-order chi connectivity index (χ1) is 17.0. The summed E-state index contributed by atoms with van der Waals surface area (Å²) >= 11 is 5.18. The number of nitrogens with zero attached hydrogens (tertiary/aromatic N) is 1. The topological polar surface area (TPSA) is 67.9 Å². The van der Waals surface area contributed by atoms with Crippen LogP contribution < -0.4 is 14.8 Å². The number of hydrogen-bond donors (Lipinski definition) is 1. The number of thioether (sulfide) groups is 1. The molecule has 0 bridgehead atoms. The number of rotatable bonds is 5. The van der Waals surface area contributed by atoms with Gasteiger partial charge in [-0.1, -0.05) is 47.0 Å². The molecule has 2 heterocycles. The van der Waals surface area contributed by atoms with E-state index in [1.807, 2.05) is 55.5 Å². The molecular formula is C27H29BrN2O4S. The summed E-state index contributed by atoms with van der Waals surface area (Å²) in [6.07, 6.45) is 6.20. The predicted octanol–water partition coefficient (Wildman–Crippen LogP) is 5.33. The third-order valence-electron chi connectivity index (χ3n) is 6.72. The lowest BCUT2D eigenvalue weighted by Crippen LogP contribution is -2.54. The SMILES string of the molecule is CC(NC(=O)CN1C(=O)/C(=C\c2cccc(Br)c2)SC2CCCCC21)c1ccc2c(c1)OCCO2. The van der Waals surface area contributed by atoms with Crippen LogP contribution in [0.4, 0.5) is 0 Å². The first-order valence-corrected chi connectivity index (χ1v) is 13.8. The van der Waals surface area contributed by atoms with Crippen LogP contribution in [0.25, 0.3) is 6.08 Å². The number of fused-ring (bicyclic) bond motifs is 2. The third kappa shape index (κ3) is 5.54. The number of nitrogens with one attached hydrogen (secondary N) is 1. The van der Waals surface area contributed by atoms with Gasteiger partial charge >= 0.3 is 0 Å². The molecule has 1 saturated carbocycles. The Hall–Kier alpha value is -2.45. The Kier molecular flexibility index (Phi) is 7.39. The molecule has 1 aliphatic carbocycles. The van der Waals surface area contributed by atoms with Crippen molar-refractivity contribution in [3.63, 3.8) is 0 Å². The largest absolute Gasteiger partial charge is 0.486 e. The lowest BCUT2D eigenvalue weighted by Gasteiger charge is -2.44. The molecule has 3 unspecified atom stereocenters. The van der Waals surface area contributed by atoms with E-state index in [1.54, 1.807) is 16.7 Å². The van der Waals surface area contributed by atoms with Crippen LogP contribution in [0.1, 0.15) is 49.8 Å². The number of carbonyl (C=O) groups excluding carboxylic acids is 2. The zero-order valence-electron chi connectivity index (χ0n) is 19.7. The number of ether oxygens (including phenoxy) is 2. The Bertz CT molecular complexity index is 1150. The van der Waals surface area contributed by atoms with E-state index in [-0.39, 0.29) is 30.4 Å². The summed E-state index contributed by atoms with van der Waals surface area (Å²) < 4.78 is 12.2. The van der Waals surface area contributed by atoms with Crippen molar-refractivity contribution < 1.29 is 19.1 Å². The first-order valence-electron chi connectivity index (χ1n) is 12.1. The molecule has 0 radical (unpaired) electrons. The molecule has 2 aliphatic heterocycles. The van der Waals surface area contributed by atoms with E-state index in [4.69, 9.17) is 9.47 Å². The Labute approximate surface area is 218 Å². The van der Waals surface area contributed by atoms with E-state index in [2.05, 4.69) is 21.2 Å². The molecule has 2 amide bonds. The van der Waals surface area contributed by atoms with Crippen LogP contribution in [-0.4, -0.2) is 47.8 Å². The Balaban J connectivity index is 1.31. The highest BCUT2D eigenvalue weighted by Crippen LogP contribution is 2.42. The number of halogens is 1. The van der Waals surface area contributed by atoms with Crippen molar-refractivity contribution in [3.05, 3.63) is 63.0 Å². The third-order valence-corrected chi connectivity index (χ3v) is 8.61. The van der Waals surface area contributed by atoms with Crippen molar-refractivity contribution >= 4 is 45.6 Å². The van der Waals surface area contributed by atoms with E-state index in [1.165, 1.54) is 0 Å². The van der Waals surface area contributed by atoms with E-state index >= 15 is 0 Å². The molecule has 2 aromatic carbocycles. The molecule has 0 spiro atoms. The molecule has 35 heavy (non-hydrogen) atoms. The van der Waals surface area contributed by atoms with Gasteiger partial charge in [0.05, 0.1) is 10.9 Å². The molecule has 3 atom stereocenters. The van der Waals surface area contributed by atoms with Crippen LogP contribution in [0.3, 0.4) is 0 Å². The second kappa shape index (κ2) is 10.7. The normalized spacial score (nSPS) is 23.5. The molecular weight excluding hydrogens is 528 g/mol. The maximum atomic E-state index is 13.5. The summed E-state index contributed by atoms with van der Waals surface area (Å²) in [4.78, 5) is 29.2. The van der Waals surface area contributed by atoms with Crippen LogP contribution >= 0.6 is 27.7 Å². The second-order valence-electron chi connectivity index (χ2n) is 9.20. The Morgan fingerprint density at radius 1 is 1.17 bits per heavy atom. The first kappa shape index (κ1) is 24.3. The monoisotopic (exact) mass is 556 g/mol. The highest BCUT2D eigenvalue weighted by molar-refractivity contribution is 9.10. The Morgan fingerprint density at radius 3 is 2.80 bits per heavy atom. The summed E-state index contributed by atoms with van der Waals surface area (Å²) in [7, 11) is 0. The summed E-state index contributed by atoms with van der Waals surface area (Å²) in [5.41, 5.74) is 1.91. The minimum absolute atomic E-state index is 0.0553. The van der Waals surface area contributed by atoms with Gasteiger partial charge in [-0.05, 0) is 61.2 Å². The summed E-state index contributed by atoms with van der Waals surface area (Å²) in [5.74, 6) is 1.22. The van der Waals surface area contributed by atoms with Crippen molar-refractivity contribution in [1.29, 1.82) is 0 Å². The van der Waals surface area contributed by atoms with E-state index in [0.29, 0.717) is 29.1 Å². The number of amides is 2. The molecule has 5 rings (SSSR count). The van der Waals surface area contributed by atoms with Gasteiger partial charge in [0.1, 0.15) is 19.8 Å². The standard InChI is InChI=1S/C27H29BrN2O4S/c1-17(19-9-10-22-23(15-19)34-12-11-33-22)29-26(31)16-30-21-7-2-3-8-24(21)35-25(27(30)32)14-18-5-4-6-20(28)13-18/h4-6,9-10,13-15,17,21,24H,2-3,7-8,11-12,16H2,1H3,(H,29,31)/b25-14+. The van der Waals surface area contributed by atoms with Gasteiger partial charge in [0.15, 0.2) is 11.5 Å². The average molecular weight is 558 g/mol. The highest BCUT2D eigenvalue weighted by atomic mass is 79.9. The zero-order chi connectivity index (χ0) is 24.4. The number of hydrogen-bond acceptors (Lipinski definition) is 5. The fraction of sp³-hybridized carbons (Fsp3) is 0.407. The van der Waals surface area contributed by atoms with Crippen LogP contribution in [0.5, 0.6) is 11.5 Å². The van der Waals surface area contributed by atoms with E-state index < -0.39 is 0 Å². The van der Waals surface area contributed by atoms with Crippen molar-refractivity contribution in [2.45, 2.75) is 49.9 Å². The van der Waals surface area contributed by atoms with Gasteiger partial charge in [-0.2, -0.15) is 0 Å². The van der Waals surface area contributed by atoms with Gasteiger partial charge in [-0.15, -0.1) is 11.8 Å². The smallest absolute Gasteiger partial charge is 0.261 e. The van der Waals surface area contributed by atoms with Gasteiger partial charge < -0.3 is 19.7 Å². The predicted molar refractivity (Wildman–Crippen MR) is 141 cm³/mol. The zero-order valence-corrected chi connectivity index (χ0v) is 22.1. The summed E-state index contributed by atoms with van der Waals surface area (Å²) in [6, 6.07) is 13.5. The minimum Gasteiger partial charge on any atom is -0.486 e. The molecule has 3 aliphatic rings. The molecule has 0 aromatic heterocycles. The lowest BCUT2D eigenvalue weighted by atomic mass is 9.93.